The van der Waals surface area contributed by atoms with Gasteiger partial charge in [-0.15, -0.1) is 0 Å². The number of rotatable bonds is 4. The molecule has 0 heterocycles. The molecule has 106 valence electrons. The molecule has 0 aliphatic rings. The van der Waals surface area contributed by atoms with Gasteiger partial charge in [-0.05, 0) is 0 Å². The van der Waals surface area contributed by atoms with Crippen molar-refractivity contribution in [1.82, 2.24) is 0 Å². The number of alkyl halides is 6. The SMILES string of the molecule is O=C(COC(C(F)(F)F)C(F)(F)F)c1ccccc1. The molecule has 1 aromatic rings. The second-order valence-electron chi connectivity index (χ2n) is 3.56. The average molecular weight is 286 g/mol. The van der Waals surface area contributed by atoms with Crippen LogP contribution in [0, 0.1) is 0 Å². The van der Waals surface area contributed by atoms with E-state index in [9.17, 15) is 31.1 Å². The molecule has 0 aromatic heterocycles. The highest BCUT2D eigenvalue weighted by atomic mass is 19.4. The molecule has 0 amide bonds. The highest BCUT2D eigenvalue weighted by molar-refractivity contribution is 5.97. The number of halogens is 6. The maximum atomic E-state index is 12.1. The molecule has 0 bridgehead atoms. The lowest BCUT2D eigenvalue weighted by Gasteiger charge is -2.22. The van der Waals surface area contributed by atoms with Crippen LogP contribution in [0.5, 0.6) is 0 Å². The van der Waals surface area contributed by atoms with Crippen LogP contribution in [0.4, 0.5) is 26.3 Å². The van der Waals surface area contributed by atoms with Gasteiger partial charge in [0.2, 0.25) is 6.10 Å². The van der Waals surface area contributed by atoms with E-state index in [1.165, 1.54) is 24.3 Å². The third kappa shape index (κ3) is 4.55. The first-order chi connectivity index (χ1) is 8.62. The lowest BCUT2D eigenvalue weighted by atomic mass is 10.1. The Labute approximate surface area is 104 Å². The second-order valence-corrected chi connectivity index (χ2v) is 3.56. The van der Waals surface area contributed by atoms with E-state index >= 15 is 0 Å². The van der Waals surface area contributed by atoms with E-state index in [4.69, 9.17) is 0 Å². The van der Waals surface area contributed by atoms with Gasteiger partial charge in [-0.25, -0.2) is 0 Å². The molecule has 0 saturated heterocycles. The van der Waals surface area contributed by atoms with E-state index in [0.29, 0.717) is 0 Å². The summed E-state index contributed by atoms with van der Waals surface area (Å²) in [6.45, 7) is -1.30. The Kier molecular flexibility index (Phi) is 4.56. The first-order valence-electron chi connectivity index (χ1n) is 4.95. The molecular weight excluding hydrogens is 278 g/mol. The Bertz CT molecular complexity index is 409. The van der Waals surface area contributed by atoms with E-state index < -0.39 is 30.8 Å². The molecule has 19 heavy (non-hydrogen) atoms. The van der Waals surface area contributed by atoms with Crippen LogP contribution in [0.15, 0.2) is 30.3 Å². The molecule has 1 rings (SSSR count). The molecule has 0 saturated carbocycles. The van der Waals surface area contributed by atoms with Crippen LogP contribution in [0.25, 0.3) is 0 Å². The van der Waals surface area contributed by atoms with Gasteiger partial charge in [-0.2, -0.15) is 26.3 Å². The zero-order valence-corrected chi connectivity index (χ0v) is 9.26. The largest absolute Gasteiger partial charge is 0.423 e. The zero-order valence-electron chi connectivity index (χ0n) is 9.26. The molecule has 0 N–H and O–H groups in total. The molecule has 0 unspecified atom stereocenters. The predicted octanol–water partition coefficient (Wildman–Crippen LogP) is 3.38. The first kappa shape index (κ1) is 15.5. The molecule has 0 atom stereocenters. The molecule has 0 radical (unpaired) electrons. The number of carbonyl (C=O) groups is 1. The highest BCUT2D eigenvalue weighted by Gasteiger charge is 2.58. The van der Waals surface area contributed by atoms with Crippen molar-refractivity contribution in [1.29, 1.82) is 0 Å². The maximum Gasteiger partial charge on any atom is 0.423 e. The third-order valence-corrected chi connectivity index (χ3v) is 2.07. The molecule has 0 fully saturated rings. The fourth-order valence-electron chi connectivity index (χ4n) is 1.24. The van der Waals surface area contributed by atoms with Gasteiger partial charge in [0.05, 0.1) is 0 Å². The minimum atomic E-state index is -5.62. The minimum absolute atomic E-state index is 0.0226. The summed E-state index contributed by atoms with van der Waals surface area (Å²) in [5, 5.41) is 0. The van der Waals surface area contributed by atoms with E-state index in [1.807, 2.05) is 0 Å². The maximum absolute atomic E-state index is 12.1. The lowest BCUT2D eigenvalue weighted by molar-refractivity contribution is -0.318. The van der Waals surface area contributed by atoms with Crippen molar-refractivity contribution in [2.75, 3.05) is 6.61 Å². The number of ketones is 1. The topological polar surface area (TPSA) is 26.3 Å². The van der Waals surface area contributed by atoms with Gasteiger partial charge in [0.1, 0.15) is 6.61 Å². The van der Waals surface area contributed by atoms with Gasteiger partial charge in [-0.3, -0.25) is 4.79 Å². The van der Waals surface area contributed by atoms with Crippen LogP contribution in [-0.2, 0) is 4.74 Å². The molecule has 0 aliphatic carbocycles. The third-order valence-electron chi connectivity index (χ3n) is 2.07. The van der Waals surface area contributed by atoms with E-state index in [-0.39, 0.29) is 5.56 Å². The van der Waals surface area contributed by atoms with Gasteiger partial charge >= 0.3 is 12.4 Å². The average Bonchev–Trinajstić information content (AvgIpc) is 2.26. The van der Waals surface area contributed by atoms with Gasteiger partial charge in [0, 0.05) is 5.56 Å². The smallest absolute Gasteiger partial charge is 0.353 e. The second kappa shape index (κ2) is 5.60. The van der Waals surface area contributed by atoms with E-state index in [1.54, 1.807) is 6.07 Å². The summed E-state index contributed by atoms with van der Waals surface area (Å²) in [6.07, 6.45) is -15.2. The number of benzene rings is 1. The number of Topliss-reactive ketones (excluding diaryl/α,β-unsaturated/α-hetero) is 1. The van der Waals surface area contributed by atoms with Crippen LogP contribution in [0.3, 0.4) is 0 Å². The van der Waals surface area contributed by atoms with Gasteiger partial charge < -0.3 is 4.74 Å². The monoisotopic (exact) mass is 286 g/mol. The first-order valence-corrected chi connectivity index (χ1v) is 4.95. The van der Waals surface area contributed by atoms with Crippen molar-refractivity contribution in [2.45, 2.75) is 18.5 Å². The van der Waals surface area contributed by atoms with Crippen molar-refractivity contribution in [2.24, 2.45) is 0 Å². The molecule has 2 nitrogen and oxygen atoms in total. The van der Waals surface area contributed by atoms with Crippen LogP contribution < -0.4 is 0 Å². The Morgan fingerprint density at radius 2 is 1.47 bits per heavy atom. The van der Waals surface area contributed by atoms with Gasteiger partial charge in [0.15, 0.2) is 5.78 Å². The quantitative estimate of drug-likeness (QED) is 0.626. The Hall–Kier alpha value is -1.57. The zero-order chi connectivity index (χ0) is 14.7. The number of hydrogen-bond acceptors (Lipinski definition) is 2. The molecule has 0 aliphatic heterocycles. The van der Waals surface area contributed by atoms with Crippen LogP contribution in [-0.4, -0.2) is 30.8 Å². The van der Waals surface area contributed by atoms with Crippen LogP contribution in [0.2, 0.25) is 0 Å². The summed E-state index contributed by atoms with van der Waals surface area (Å²) in [7, 11) is 0. The normalized spacial score (nSPS) is 12.8. The summed E-state index contributed by atoms with van der Waals surface area (Å²) in [5.74, 6) is -0.959. The summed E-state index contributed by atoms with van der Waals surface area (Å²) >= 11 is 0. The Morgan fingerprint density at radius 1 is 1.00 bits per heavy atom. The molecule has 0 spiro atoms. The molecular formula is C11H8F6O2. The van der Waals surface area contributed by atoms with Crippen molar-refractivity contribution < 1.29 is 35.9 Å². The Balaban J connectivity index is 2.71. The van der Waals surface area contributed by atoms with Crippen molar-refractivity contribution in [3.05, 3.63) is 35.9 Å². The molecule has 1 aromatic carbocycles. The highest BCUT2D eigenvalue weighted by Crippen LogP contribution is 2.35. The Morgan fingerprint density at radius 3 is 1.89 bits per heavy atom. The summed E-state index contributed by atoms with van der Waals surface area (Å²) in [5.41, 5.74) is -0.0226. The van der Waals surface area contributed by atoms with Crippen molar-refractivity contribution >= 4 is 5.78 Å². The number of hydrogen-bond donors (Lipinski definition) is 0. The minimum Gasteiger partial charge on any atom is -0.353 e. The lowest BCUT2D eigenvalue weighted by Crippen LogP contribution is -2.45. The number of carbonyl (C=O) groups excluding carboxylic acids is 1. The fourth-order valence-corrected chi connectivity index (χ4v) is 1.24. The fraction of sp³-hybridized carbons (Fsp3) is 0.364. The number of ether oxygens (including phenoxy) is 1. The van der Waals surface area contributed by atoms with Crippen LogP contribution in [0.1, 0.15) is 10.4 Å². The summed E-state index contributed by atoms with van der Waals surface area (Å²) in [6, 6.07) is 6.94. The van der Waals surface area contributed by atoms with E-state index in [0.717, 1.165) is 0 Å². The van der Waals surface area contributed by atoms with Crippen molar-refractivity contribution in [3.63, 3.8) is 0 Å². The van der Waals surface area contributed by atoms with Gasteiger partial charge in [0.25, 0.3) is 0 Å². The molecule has 8 heteroatoms. The summed E-state index contributed by atoms with van der Waals surface area (Å²) < 4.78 is 76.4. The van der Waals surface area contributed by atoms with Crippen molar-refractivity contribution in [3.8, 4) is 0 Å². The predicted molar refractivity (Wildman–Crippen MR) is 52.6 cm³/mol. The van der Waals surface area contributed by atoms with E-state index in [2.05, 4.69) is 4.74 Å². The van der Waals surface area contributed by atoms with Crippen LogP contribution >= 0.6 is 0 Å². The standard InChI is InChI=1S/C11H8F6O2/c12-10(13,14)9(11(15,16)17)19-6-8(18)7-4-2-1-3-5-7/h1-5,9H,6H2. The summed E-state index contributed by atoms with van der Waals surface area (Å²) in [4.78, 5) is 11.3. The van der Waals surface area contributed by atoms with Gasteiger partial charge in [-0.1, -0.05) is 30.3 Å².